The number of nitrogens with one attached hydrogen (secondary N) is 1. The molecule has 0 spiro atoms. The molecule has 5 nitrogen and oxygen atoms in total. The van der Waals surface area contributed by atoms with Gasteiger partial charge in [-0.2, -0.15) is 0 Å². The summed E-state index contributed by atoms with van der Waals surface area (Å²) in [5, 5.41) is 3.48. The molecule has 20 heavy (non-hydrogen) atoms. The molecule has 3 rings (SSSR count). The molecule has 1 aromatic heterocycles. The van der Waals surface area contributed by atoms with Crippen LogP contribution in [0.3, 0.4) is 0 Å². The summed E-state index contributed by atoms with van der Waals surface area (Å²) in [5.74, 6) is 1.91. The Labute approximate surface area is 119 Å². The van der Waals surface area contributed by atoms with Gasteiger partial charge in [-0.05, 0) is 37.3 Å². The van der Waals surface area contributed by atoms with Crippen LogP contribution in [0.4, 0.5) is 5.82 Å². The average Bonchev–Trinajstić information content (AvgIpc) is 2.97. The molecule has 1 aromatic rings. The Bertz CT molecular complexity index is 531. The Kier molecular flexibility index (Phi) is 3.38. The number of carbonyl (C=O) groups is 1. The van der Waals surface area contributed by atoms with Crippen LogP contribution in [0.2, 0.25) is 0 Å². The first kappa shape index (κ1) is 13.4. The number of carbonyl (C=O) groups excluding carboxylic acids is 1. The second kappa shape index (κ2) is 5.05. The topological polar surface area (TPSA) is 71.2 Å². The van der Waals surface area contributed by atoms with E-state index in [0.29, 0.717) is 23.4 Å². The number of nitrogens with two attached hydrogens (primary N) is 1. The number of rotatable bonds is 3. The molecule has 1 amide bonds. The predicted molar refractivity (Wildman–Crippen MR) is 78.8 cm³/mol. The highest BCUT2D eigenvalue weighted by Crippen LogP contribution is 2.37. The van der Waals surface area contributed by atoms with Crippen molar-refractivity contribution in [1.82, 2.24) is 10.3 Å². The van der Waals surface area contributed by atoms with Gasteiger partial charge in [-0.1, -0.05) is 6.92 Å². The van der Waals surface area contributed by atoms with Gasteiger partial charge in [-0.15, -0.1) is 0 Å². The highest BCUT2D eigenvalue weighted by molar-refractivity contribution is 5.93. The van der Waals surface area contributed by atoms with Crippen molar-refractivity contribution in [2.45, 2.75) is 26.3 Å². The number of aromatic nitrogens is 1. The second-order valence-electron chi connectivity index (χ2n) is 5.93. The van der Waals surface area contributed by atoms with Crippen LogP contribution in [-0.4, -0.2) is 36.6 Å². The van der Waals surface area contributed by atoms with Crippen molar-refractivity contribution in [2.24, 2.45) is 17.6 Å². The number of hydrogen-bond acceptors (Lipinski definition) is 4. The van der Waals surface area contributed by atoms with E-state index in [1.165, 1.54) is 0 Å². The van der Waals surface area contributed by atoms with Crippen LogP contribution in [0.1, 0.15) is 29.4 Å². The van der Waals surface area contributed by atoms with Gasteiger partial charge in [0.15, 0.2) is 0 Å². The molecule has 0 bridgehead atoms. The molecule has 2 fully saturated rings. The maximum atomic E-state index is 11.4. The van der Waals surface area contributed by atoms with E-state index >= 15 is 0 Å². The summed E-state index contributed by atoms with van der Waals surface area (Å²) in [6.45, 7) is 7.34. The highest BCUT2D eigenvalue weighted by atomic mass is 16.1. The van der Waals surface area contributed by atoms with Crippen LogP contribution >= 0.6 is 0 Å². The fourth-order valence-corrected chi connectivity index (χ4v) is 3.75. The molecule has 2 saturated heterocycles. The molecule has 3 atom stereocenters. The zero-order valence-electron chi connectivity index (χ0n) is 12.1. The van der Waals surface area contributed by atoms with Crippen molar-refractivity contribution in [3.05, 3.63) is 23.4 Å². The van der Waals surface area contributed by atoms with Gasteiger partial charge < -0.3 is 16.0 Å². The Hall–Kier alpha value is -1.62. The normalized spacial score (nSPS) is 28.7. The third-order valence-corrected chi connectivity index (χ3v) is 4.65. The zero-order chi connectivity index (χ0) is 14.3. The summed E-state index contributed by atoms with van der Waals surface area (Å²) in [4.78, 5) is 18.4. The average molecular weight is 274 g/mol. The minimum Gasteiger partial charge on any atom is -0.366 e. The number of nitrogens with zero attached hydrogens (tertiary/aromatic N) is 2. The van der Waals surface area contributed by atoms with E-state index in [0.717, 1.165) is 37.6 Å². The van der Waals surface area contributed by atoms with Crippen LogP contribution < -0.4 is 16.0 Å². The number of amides is 1. The molecule has 3 heterocycles. The Balaban J connectivity index is 1.94. The molecule has 2 aliphatic rings. The van der Waals surface area contributed by atoms with Crippen LogP contribution in [-0.2, 0) is 0 Å². The molecule has 108 valence electrons. The van der Waals surface area contributed by atoms with Gasteiger partial charge in [-0.25, -0.2) is 4.98 Å². The minimum atomic E-state index is -0.383. The fraction of sp³-hybridized carbons (Fsp3) is 0.600. The molecule has 3 N–H and O–H groups in total. The van der Waals surface area contributed by atoms with E-state index in [4.69, 9.17) is 5.73 Å². The maximum absolute atomic E-state index is 11.4. The summed E-state index contributed by atoms with van der Waals surface area (Å²) in [6, 6.07) is 4.10. The van der Waals surface area contributed by atoms with Crippen LogP contribution in [0.5, 0.6) is 0 Å². The number of pyridine rings is 1. The lowest BCUT2D eigenvalue weighted by atomic mass is 9.93. The molecule has 5 heteroatoms. The molecule has 0 aliphatic carbocycles. The van der Waals surface area contributed by atoms with Crippen molar-refractivity contribution in [3.8, 4) is 0 Å². The van der Waals surface area contributed by atoms with Crippen molar-refractivity contribution in [2.75, 3.05) is 24.5 Å². The molecule has 2 aliphatic heterocycles. The minimum absolute atomic E-state index is 0.383. The van der Waals surface area contributed by atoms with Crippen molar-refractivity contribution in [3.63, 3.8) is 0 Å². The highest BCUT2D eigenvalue weighted by Gasteiger charge is 2.43. The van der Waals surface area contributed by atoms with Gasteiger partial charge in [0.25, 0.3) is 0 Å². The lowest BCUT2D eigenvalue weighted by Gasteiger charge is -2.28. The predicted octanol–water partition coefficient (Wildman–Crippen LogP) is 0.923. The Morgan fingerprint density at radius 2 is 2.30 bits per heavy atom. The lowest BCUT2D eigenvalue weighted by Crippen LogP contribution is -2.36. The molecular weight excluding hydrogens is 252 g/mol. The molecule has 0 saturated carbocycles. The van der Waals surface area contributed by atoms with Crippen molar-refractivity contribution < 1.29 is 4.79 Å². The lowest BCUT2D eigenvalue weighted by molar-refractivity contribution is 0.1000. The number of fused-ring (bicyclic) bond motifs is 1. The van der Waals surface area contributed by atoms with Gasteiger partial charge in [0.05, 0.1) is 0 Å². The molecule has 3 unspecified atom stereocenters. The second-order valence-corrected chi connectivity index (χ2v) is 5.93. The SMILES string of the molecule is CCC1C2CNCC2CN1c1cc(C(N)=O)cc(C)n1. The first-order valence-corrected chi connectivity index (χ1v) is 7.36. The van der Waals surface area contributed by atoms with Crippen LogP contribution in [0, 0.1) is 18.8 Å². The van der Waals surface area contributed by atoms with E-state index < -0.39 is 0 Å². The number of aryl methyl sites for hydroxylation is 1. The summed E-state index contributed by atoms with van der Waals surface area (Å²) in [5.41, 5.74) is 6.82. The third kappa shape index (κ3) is 2.16. The quantitative estimate of drug-likeness (QED) is 0.860. The number of hydrogen-bond donors (Lipinski definition) is 2. The third-order valence-electron chi connectivity index (χ3n) is 4.65. The van der Waals surface area contributed by atoms with E-state index in [-0.39, 0.29) is 5.91 Å². The smallest absolute Gasteiger partial charge is 0.248 e. The molecule has 0 aromatic carbocycles. The van der Waals surface area contributed by atoms with E-state index in [1.807, 2.05) is 13.0 Å². The Morgan fingerprint density at radius 1 is 1.50 bits per heavy atom. The zero-order valence-corrected chi connectivity index (χ0v) is 12.1. The first-order chi connectivity index (χ1) is 9.60. The van der Waals surface area contributed by atoms with E-state index in [1.54, 1.807) is 6.07 Å². The maximum Gasteiger partial charge on any atom is 0.248 e. The van der Waals surface area contributed by atoms with Crippen LogP contribution in [0.25, 0.3) is 0 Å². The summed E-state index contributed by atoms with van der Waals surface area (Å²) in [6.07, 6.45) is 1.10. The van der Waals surface area contributed by atoms with E-state index in [9.17, 15) is 4.79 Å². The number of primary amides is 1. The molecule has 0 radical (unpaired) electrons. The van der Waals surface area contributed by atoms with Crippen molar-refractivity contribution in [1.29, 1.82) is 0 Å². The van der Waals surface area contributed by atoms with Gasteiger partial charge >= 0.3 is 0 Å². The molecular formula is C15H22N4O. The van der Waals surface area contributed by atoms with E-state index in [2.05, 4.69) is 22.1 Å². The summed E-state index contributed by atoms with van der Waals surface area (Å²) >= 11 is 0. The van der Waals surface area contributed by atoms with Crippen molar-refractivity contribution >= 4 is 11.7 Å². The van der Waals surface area contributed by atoms with Gasteiger partial charge in [0.2, 0.25) is 5.91 Å². The summed E-state index contributed by atoms with van der Waals surface area (Å²) < 4.78 is 0. The Morgan fingerprint density at radius 3 is 3.00 bits per heavy atom. The monoisotopic (exact) mass is 274 g/mol. The first-order valence-electron chi connectivity index (χ1n) is 7.36. The summed E-state index contributed by atoms with van der Waals surface area (Å²) in [7, 11) is 0. The van der Waals surface area contributed by atoms with Gasteiger partial charge in [-0.3, -0.25) is 4.79 Å². The largest absolute Gasteiger partial charge is 0.366 e. The number of anilines is 1. The van der Waals surface area contributed by atoms with Crippen LogP contribution in [0.15, 0.2) is 12.1 Å². The fourth-order valence-electron chi connectivity index (χ4n) is 3.75. The van der Waals surface area contributed by atoms with Gasteiger partial charge in [0.1, 0.15) is 5.82 Å². The van der Waals surface area contributed by atoms with Gasteiger partial charge in [0, 0.05) is 36.9 Å². The standard InChI is InChI=1S/C15H22N4O/c1-3-13-12-7-17-6-11(12)8-19(13)14-5-10(15(16)20)4-9(2)18-14/h4-5,11-13,17H,3,6-8H2,1-2H3,(H2,16,20).